The molecule has 96 valence electrons. The second-order valence-electron chi connectivity index (χ2n) is 4.81. The van der Waals surface area contributed by atoms with Gasteiger partial charge in [-0.3, -0.25) is 4.79 Å². The highest BCUT2D eigenvalue weighted by Crippen LogP contribution is 2.16. The van der Waals surface area contributed by atoms with Crippen molar-refractivity contribution >= 4 is 5.91 Å². The van der Waals surface area contributed by atoms with E-state index < -0.39 is 0 Å². The van der Waals surface area contributed by atoms with Gasteiger partial charge in [0.15, 0.2) is 0 Å². The first-order valence-corrected chi connectivity index (χ1v) is 6.52. The highest BCUT2D eigenvalue weighted by molar-refractivity contribution is 5.94. The molecule has 0 bridgehead atoms. The monoisotopic (exact) mass is 238 g/mol. The van der Waals surface area contributed by atoms with Crippen LogP contribution in [-0.4, -0.2) is 49.7 Å². The molecule has 1 amide bonds. The molecule has 2 saturated heterocycles. The molecule has 2 aliphatic heterocycles. The Morgan fingerprint density at radius 2 is 2.29 bits per heavy atom. The van der Waals surface area contributed by atoms with E-state index in [4.69, 9.17) is 4.74 Å². The Morgan fingerprint density at radius 1 is 1.53 bits per heavy atom. The van der Waals surface area contributed by atoms with E-state index in [0.29, 0.717) is 0 Å². The largest absolute Gasteiger partial charge is 0.376 e. The molecule has 0 spiro atoms. The van der Waals surface area contributed by atoms with Gasteiger partial charge in [-0.25, -0.2) is 0 Å². The van der Waals surface area contributed by atoms with Crippen LogP contribution >= 0.6 is 0 Å². The van der Waals surface area contributed by atoms with Crippen LogP contribution in [0.4, 0.5) is 0 Å². The number of likely N-dealkylation sites (N-methyl/N-ethyl adjacent to an activating group) is 1. The van der Waals surface area contributed by atoms with Crippen LogP contribution < -0.4 is 5.32 Å². The van der Waals surface area contributed by atoms with Crippen molar-refractivity contribution in [2.75, 3.05) is 32.8 Å². The fourth-order valence-electron chi connectivity index (χ4n) is 2.29. The van der Waals surface area contributed by atoms with Gasteiger partial charge in [0.25, 0.3) is 0 Å². The van der Waals surface area contributed by atoms with E-state index in [0.717, 1.165) is 51.2 Å². The minimum atomic E-state index is 0.180. The van der Waals surface area contributed by atoms with Crippen molar-refractivity contribution in [3.8, 4) is 0 Å². The standard InChI is InChI=1S/C13H22N2O2/c1-3-15(9-12-5-4-6-17-12)13(16)10(2)11-7-14-8-11/h12,14H,3-9H2,1-2H3. The van der Waals surface area contributed by atoms with E-state index in [1.165, 1.54) is 5.57 Å². The molecule has 0 saturated carbocycles. The van der Waals surface area contributed by atoms with E-state index in [2.05, 4.69) is 5.32 Å². The van der Waals surface area contributed by atoms with Gasteiger partial charge in [0.1, 0.15) is 0 Å². The van der Waals surface area contributed by atoms with Gasteiger partial charge < -0.3 is 15.0 Å². The highest BCUT2D eigenvalue weighted by atomic mass is 16.5. The lowest BCUT2D eigenvalue weighted by molar-refractivity contribution is -0.128. The molecule has 0 aromatic rings. The maximum atomic E-state index is 12.3. The lowest BCUT2D eigenvalue weighted by atomic mass is 10.0. The molecule has 0 aromatic carbocycles. The first-order chi connectivity index (χ1) is 8.22. The number of rotatable bonds is 4. The normalized spacial score (nSPS) is 23.4. The molecule has 2 aliphatic rings. The van der Waals surface area contributed by atoms with E-state index in [1.807, 2.05) is 18.7 Å². The summed E-state index contributed by atoms with van der Waals surface area (Å²) in [5.41, 5.74) is 2.17. The molecule has 1 atom stereocenters. The number of carbonyl (C=O) groups is 1. The number of hydrogen-bond acceptors (Lipinski definition) is 3. The predicted octanol–water partition coefficient (Wildman–Crippen LogP) is 0.934. The summed E-state index contributed by atoms with van der Waals surface area (Å²) in [4.78, 5) is 14.2. The van der Waals surface area contributed by atoms with Gasteiger partial charge in [-0.1, -0.05) is 0 Å². The fraction of sp³-hybridized carbons (Fsp3) is 0.769. The molecule has 0 radical (unpaired) electrons. The van der Waals surface area contributed by atoms with Crippen LogP contribution in [0.15, 0.2) is 11.1 Å². The van der Waals surface area contributed by atoms with Gasteiger partial charge in [0, 0.05) is 38.4 Å². The zero-order valence-corrected chi connectivity index (χ0v) is 10.8. The molecule has 1 N–H and O–H groups in total. The van der Waals surface area contributed by atoms with Gasteiger partial charge >= 0.3 is 0 Å². The van der Waals surface area contributed by atoms with Crippen molar-refractivity contribution in [3.63, 3.8) is 0 Å². The second-order valence-corrected chi connectivity index (χ2v) is 4.81. The van der Waals surface area contributed by atoms with Crippen LogP contribution in [0.2, 0.25) is 0 Å². The van der Waals surface area contributed by atoms with Gasteiger partial charge in [-0.15, -0.1) is 0 Å². The minimum absolute atomic E-state index is 0.180. The van der Waals surface area contributed by atoms with Gasteiger partial charge in [0.05, 0.1) is 6.10 Å². The number of hydrogen-bond donors (Lipinski definition) is 1. The summed E-state index contributed by atoms with van der Waals surface area (Å²) in [7, 11) is 0. The summed E-state index contributed by atoms with van der Waals surface area (Å²) in [5, 5.41) is 3.17. The Bertz CT molecular complexity index is 313. The molecule has 0 aromatic heterocycles. The van der Waals surface area contributed by atoms with Crippen LogP contribution in [-0.2, 0) is 9.53 Å². The van der Waals surface area contributed by atoms with Crippen molar-refractivity contribution < 1.29 is 9.53 Å². The molecule has 1 unspecified atom stereocenters. The lowest BCUT2D eigenvalue weighted by Crippen LogP contribution is -2.41. The predicted molar refractivity (Wildman–Crippen MR) is 66.8 cm³/mol. The second kappa shape index (κ2) is 5.65. The summed E-state index contributed by atoms with van der Waals surface area (Å²) in [6.45, 7) is 8.06. The zero-order chi connectivity index (χ0) is 12.3. The first-order valence-electron chi connectivity index (χ1n) is 6.52. The Kier molecular flexibility index (Phi) is 4.18. The molecule has 4 nitrogen and oxygen atoms in total. The van der Waals surface area contributed by atoms with E-state index >= 15 is 0 Å². The third-order valence-electron chi connectivity index (χ3n) is 3.64. The smallest absolute Gasteiger partial charge is 0.249 e. The van der Waals surface area contributed by atoms with Crippen molar-refractivity contribution in [1.82, 2.24) is 10.2 Å². The van der Waals surface area contributed by atoms with Crippen LogP contribution in [0.5, 0.6) is 0 Å². The number of amides is 1. The molecule has 0 aliphatic carbocycles. The van der Waals surface area contributed by atoms with E-state index in [1.54, 1.807) is 0 Å². The lowest BCUT2D eigenvalue weighted by Gasteiger charge is -2.27. The average Bonchev–Trinajstić information content (AvgIpc) is 2.75. The van der Waals surface area contributed by atoms with Crippen molar-refractivity contribution in [1.29, 1.82) is 0 Å². The third kappa shape index (κ3) is 2.87. The van der Waals surface area contributed by atoms with E-state index in [9.17, 15) is 4.79 Å². The van der Waals surface area contributed by atoms with Crippen molar-refractivity contribution in [3.05, 3.63) is 11.1 Å². The summed E-state index contributed by atoms with van der Waals surface area (Å²) in [6.07, 6.45) is 2.46. The van der Waals surface area contributed by atoms with Gasteiger partial charge in [0.2, 0.25) is 5.91 Å². The number of carbonyl (C=O) groups excluding carboxylic acids is 1. The maximum absolute atomic E-state index is 12.3. The molecule has 2 heterocycles. The fourth-order valence-corrected chi connectivity index (χ4v) is 2.29. The number of nitrogens with zero attached hydrogens (tertiary/aromatic N) is 1. The van der Waals surface area contributed by atoms with Gasteiger partial charge in [-0.2, -0.15) is 0 Å². The van der Waals surface area contributed by atoms with Crippen LogP contribution in [0.1, 0.15) is 26.7 Å². The topological polar surface area (TPSA) is 41.6 Å². The highest BCUT2D eigenvalue weighted by Gasteiger charge is 2.24. The molecule has 4 heteroatoms. The summed E-state index contributed by atoms with van der Waals surface area (Å²) < 4.78 is 5.59. The van der Waals surface area contributed by atoms with Crippen LogP contribution in [0.3, 0.4) is 0 Å². The quantitative estimate of drug-likeness (QED) is 0.741. The number of ether oxygens (including phenoxy) is 1. The molecular weight excluding hydrogens is 216 g/mol. The molecule has 17 heavy (non-hydrogen) atoms. The van der Waals surface area contributed by atoms with E-state index in [-0.39, 0.29) is 12.0 Å². The summed E-state index contributed by atoms with van der Waals surface area (Å²) >= 11 is 0. The Hall–Kier alpha value is -0.870. The van der Waals surface area contributed by atoms with Crippen LogP contribution in [0.25, 0.3) is 0 Å². The Balaban J connectivity index is 1.94. The first kappa shape index (κ1) is 12.6. The van der Waals surface area contributed by atoms with Crippen molar-refractivity contribution in [2.24, 2.45) is 0 Å². The molecule has 2 rings (SSSR count). The molecule has 2 fully saturated rings. The SMILES string of the molecule is CCN(CC1CCCO1)C(=O)C(C)=C1CNC1. The Morgan fingerprint density at radius 3 is 2.76 bits per heavy atom. The van der Waals surface area contributed by atoms with Gasteiger partial charge in [-0.05, 0) is 32.3 Å². The molecular formula is C13H22N2O2. The average molecular weight is 238 g/mol. The summed E-state index contributed by atoms with van der Waals surface area (Å²) in [6, 6.07) is 0. The Labute approximate surface area is 103 Å². The number of nitrogens with one attached hydrogen (secondary N) is 1. The third-order valence-corrected chi connectivity index (χ3v) is 3.64. The van der Waals surface area contributed by atoms with Crippen molar-refractivity contribution in [2.45, 2.75) is 32.8 Å². The summed E-state index contributed by atoms with van der Waals surface area (Å²) in [5.74, 6) is 0.180. The minimum Gasteiger partial charge on any atom is -0.376 e. The van der Waals surface area contributed by atoms with Crippen LogP contribution in [0, 0.1) is 0 Å². The maximum Gasteiger partial charge on any atom is 0.249 e. The zero-order valence-electron chi connectivity index (χ0n) is 10.8.